The van der Waals surface area contributed by atoms with Crippen molar-refractivity contribution in [3.63, 3.8) is 0 Å². The van der Waals surface area contributed by atoms with E-state index in [2.05, 4.69) is 5.32 Å². The number of aromatic nitrogens is 2. The molecule has 0 fully saturated rings. The predicted molar refractivity (Wildman–Crippen MR) is 184 cm³/mol. The van der Waals surface area contributed by atoms with Crippen LogP contribution in [-0.4, -0.2) is 52.4 Å². The molecule has 3 aliphatic heterocycles. The quantitative estimate of drug-likeness (QED) is 0.149. The number of nitrogens with one attached hydrogen (secondary N) is 1. The van der Waals surface area contributed by atoms with Crippen LogP contribution in [0.3, 0.4) is 0 Å². The number of benzene rings is 2. The fourth-order valence-electron chi connectivity index (χ4n) is 7.89. The standard InChI is InChI=1S/C35H44N4O8S2/c1-19-17-34(4,5)37-27-22(19)15-24-26(33-36-12-14-39(33)13-10-8-9-11-21(3)40)25-16-23-20(2)18-35(6,7)38-28(23)32(49(44,45)46)30(25)47-29(24)31(27)48(41,42)43/h12,14-16,19-20,37H,8-11,13,17-18H2,1-7H3,(H,41,42,43)(H,44,45,46). The Hall–Kier alpha value is -3.59. The molecule has 0 amide bonds. The van der Waals surface area contributed by atoms with Crippen molar-refractivity contribution < 1.29 is 35.5 Å². The summed E-state index contributed by atoms with van der Waals surface area (Å²) in [5.41, 5.74) is 0.933. The van der Waals surface area contributed by atoms with Crippen LogP contribution in [0.4, 0.5) is 5.69 Å². The van der Waals surface area contributed by atoms with Gasteiger partial charge in [-0.2, -0.15) is 16.8 Å². The molecule has 0 saturated carbocycles. The van der Waals surface area contributed by atoms with Gasteiger partial charge in [0.1, 0.15) is 11.6 Å². The van der Waals surface area contributed by atoms with Gasteiger partial charge >= 0.3 is 0 Å². The lowest BCUT2D eigenvalue weighted by molar-refractivity contribution is -0.117. The summed E-state index contributed by atoms with van der Waals surface area (Å²) < 4.78 is 83.3. The minimum atomic E-state index is -5.00. The van der Waals surface area contributed by atoms with Crippen molar-refractivity contribution in [2.75, 3.05) is 5.32 Å². The van der Waals surface area contributed by atoms with Gasteiger partial charge in [0.2, 0.25) is 0 Å². The molecule has 1 aromatic heterocycles. The molecular weight excluding hydrogens is 669 g/mol. The second kappa shape index (κ2) is 12.0. The highest BCUT2D eigenvalue weighted by molar-refractivity contribution is 7.86. The zero-order chi connectivity index (χ0) is 35.8. The van der Waals surface area contributed by atoms with Gasteiger partial charge in [-0.15, -0.1) is 0 Å². The Morgan fingerprint density at radius 2 is 1.63 bits per heavy atom. The topological polar surface area (TPSA) is 177 Å². The van der Waals surface area contributed by atoms with E-state index >= 15 is 0 Å². The van der Waals surface area contributed by atoms with Crippen LogP contribution in [0.25, 0.3) is 5.57 Å². The lowest BCUT2D eigenvalue weighted by atomic mass is 9.80. The van der Waals surface area contributed by atoms with Gasteiger partial charge in [0, 0.05) is 47.3 Å². The van der Waals surface area contributed by atoms with Crippen LogP contribution >= 0.6 is 0 Å². The number of carbonyl (C=O) groups excluding carboxylic acids is 1. The third kappa shape index (κ3) is 6.55. The minimum Gasteiger partial charge on any atom is -0.453 e. The van der Waals surface area contributed by atoms with E-state index < -0.39 is 41.1 Å². The number of hydrogen-bond donors (Lipinski definition) is 3. The Labute approximate surface area is 287 Å². The number of ketones is 1. The number of aryl methyl sites for hydroxylation is 1. The van der Waals surface area contributed by atoms with Crippen LogP contribution in [0.15, 0.2) is 39.3 Å². The smallest absolute Gasteiger partial charge is 0.300 e. The Morgan fingerprint density at radius 1 is 0.959 bits per heavy atom. The number of imidazole rings is 1. The molecule has 49 heavy (non-hydrogen) atoms. The molecule has 0 aliphatic carbocycles. The highest BCUT2D eigenvalue weighted by atomic mass is 32.2. The minimum absolute atomic E-state index is 0.0564. The monoisotopic (exact) mass is 712 g/mol. The molecule has 3 aromatic rings. The van der Waals surface area contributed by atoms with Crippen molar-refractivity contribution >= 4 is 37.3 Å². The summed E-state index contributed by atoms with van der Waals surface area (Å²) in [4.78, 5) is 19.9. The first-order valence-corrected chi connectivity index (χ1v) is 19.5. The maximum Gasteiger partial charge on any atom is 0.300 e. The number of Topliss-reactive ketones (excluding diaryl/α,β-unsaturated/α-hetero) is 1. The first-order valence-electron chi connectivity index (χ1n) is 16.6. The zero-order valence-corrected chi connectivity index (χ0v) is 30.5. The van der Waals surface area contributed by atoms with E-state index in [1.807, 2.05) is 58.2 Å². The molecule has 0 radical (unpaired) electrons. The van der Waals surface area contributed by atoms with Gasteiger partial charge in [-0.3, -0.25) is 14.1 Å². The molecule has 2 aromatic carbocycles. The molecular formula is C35H44N4O8S2. The van der Waals surface area contributed by atoms with E-state index in [4.69, 9.17) is 14.7 Å². The molecule has 0 spiro atoms. The third-order valence-electron chi connectivity index (χ3n) is 9.69. The van der Waals surface area contributed by atoms with Crippen molar-refractivity contribution in [2.45, 2.75) is 126 Å². The molecule has 264 valence electrons. The van der Waals surface area contributed by atoms with E-state index in [0.29, 0.717) is 59.1 Å². The van der Waals surface area contributed by atoms with Crippen LogP contribution in [-0.2, 0) is 31.6 Å². The molecule has 12 nitrogen and oxygen atoms in total. The van der Waals surface area contributed by atoms with Gasteiger partial charge in [-0.25, -0.2) is 4.98 Å². The summed E-state index contributed by atoms with van der Waals surface area (Å²) in [5.74, 6) is -0.287. The maximum absolute atomic E-state index is 13.4. The highest BCUT2D eigenvalue weighted by Crippen LogP contribution is 2.51. The summed E-state index contributed by atoms with van der Waals surface area (Å²) in [5, 5.41) is 3.64. The van der Waals surface area contributed by atoms with Crippen LogP contribution in [0.2, 0.25) is 0 Å². The van der Waals surface area contributed by atoms with E-state index in [-0.39, 0.29) is 40.2 Å². The summed E-state index contributed by atoms with van der Waals surface area (Å²) in [6.45, 7) is 13.6. The first kappa shape index (κ1) is 35.2. The third-order valence-corrected chi connectivity index (χ3v) is 11.5. The van der Waals surface area contributed by atoms with Gasteiger partial charge in [0.15, 0.2) is 21.3 Å². The van der Waals surface area contributed by atoms with Gasteiger partial charge in [0.05, 0.1) is 16.6 Å². The average molecular weight is 713 g/mol. The maximum atomic E-state index is 13.4. The summed E-state index contributed by atoms with van der Waals surface area (Å²) >= 11 is 0. The van der Waals surface area contributed by atoms with Gasteiger partial charge in [0.25, 0.3) is 20.2 Å². The van der Waals surface area contributed by atoms with E-state index in [1.165, 1.54) is 0 Å². The fraction of sp³-hybridized carbons (Fsp3) is 0.514. The number of anilines is 1. The second-order valence-electron chi connectivity index (χ2n) is 15.1. The molecule has 0 bridgehead atoms. The predicted octanol–water partition coefficient (Wildman–Crippen LogP) is 5.48. The van der Waals surface area contributed by atoms with Crippen molar-refractivity contribution in [3.05, 3.63) is 57.6 Å². The molecule has 4 heterocycles. The van der Waals surface area contributed by atoms with Crippen molar-refractivity contribution in [2.24, 2.45) is 4.99 Å². The Balaban J connectivity index is 1.75. The molecule has 2 unspecified atom stereocenters. The summed E-state index contributed by atoms with van der Waals surface area (Å²) in [6.07, 6.45) is 7.43. The number of fused-ring (bicyclic) bond motifs is 4. The van der Waals surface area contributed by atoms with Crippen molar-refractivity contribution in [1.29, 1.82) is 0 Å². The fourth-order valence-corrected chi connectivity index (χ4v) is 9.50. The van der Waals surface area contributed by atoms with Crippen LogP contribution < -0.4 is 20.6 Å². The number of rotatable bonds is 9. The Morgan fingerprint density at radius 3 is 2.29 bits per heavy atom. The average Bonchev–Trinajstić information content (AvgIpc) is 3.39. The number of ether oxygens (including phenoxy) is 1. The number of unbranched alkanes of at least 4 members (excludes halogenated alkanes) is 2. The van der Waals surface area contributed by atoms with Gasteiger partial charge in [-0.05, 0) is 95.4 Å². The van der Waals surface area contributed by atoms with E-state index in [9.17, 15) is 30.7 Å². The Kier molecular flexibility index (Phi) is 8.65. The molecule has 3 N–H and O–H groups in total. The van der Waals surface area contributed by atoms with Crippen LogP contribution in [0, 0.1) is 0 Å². The Bertz CT molecular complexity index is 2240. The van der Waals surface area contributed by atoms with Crippen LogP contribution in [0.1, 0.15) is 121 Å². The van der Waals surface area contributed by atoms with E-state index in [1.54, 1.807) is 19.3 Å². The van der Waals surface area contributed by atoms with Crippen molar-refractivity contribution in [3.8, 4) is 11.5 Å². The number of hydrogen-bond acceptors (Lipinski definition) is 9. The largest absolute Gasteiger partial charge is 0.453 e. The zero-order valence-electron chi connectivity index (χ0n) is 28.9. The molecule has 14 heteroatoms. The molecule has 2 atom stereocenters. The summed E-state index contributed by atoms with van der Waals surface area (Å²) in [6, 6.07) is 3.64. The lowest BCUT2D eigenvalue weighted by Crippen LogP contribution is -2.39. The number of nitrogens with zero attached hydrogens (tertiary/aromatic N) is 3. The van der Waals surface area contributed by atoms with Gasteiger partial charge in [-0.1, -0.05) is 20.3 Å². The molecule has 0 saturated heterocycles. The highest BCUT2D eigenvalue weighted by Gasteiger charge is 2.42. The lowest BCUT2D eigenvalue weighted by Gasteiger charge is -2.39. The molecule has 3 aliphatic rings. The second-order valence-corrected chi connectivity index (χ2v) is 17.8. The van der Waals surface area contributed by atoms with Crippen molar-refractivity contribution in [1.82, 2.24) is 9.55 Å². The van der Waals surface area contributed by atoms with Crippen LogP contribution in [0.5, 0.6) is 11.5 Å². The van der Waals surface area contributed by atoms with E-state index in [0.717, 1.165) is 19.3 Å². The first-order chi connectivity index (χ1) is 22.7. The number of carbonyl (C=O) groups is 1. The van der Waals surface area contributed by atoms with Gasteiger partial charge < -0.3 is 19.4 Å². The SMILES string of the molecule is CC(=O)CCCCCn1ccnc1C1=c2cc3c(c(S(=O)(=O)O)c2Oc2c1cc1c(c2S(=O)(=O)O)NC(C)(C)CC1C)=NC(C)(C)CC3C. The molecule has 6 rings (SSSR count). The summed E-state index contributed by atoms with van der Waals surface area (Å²) in [7, 11) is -9.98. The normalized spacial score (nSPS) is 20.6.